The van der Waals surface area contributed by atoms with Crippen LogP contribution >= 0.6 is 0 Å². The summed E-state index contributed by atoms with van der Waals surface area (Å²) in [7, 11) is 0. The van der Waals surface area contributed by atoms with E-state index in [9.17, 15) is 87.9 Å². The number of carboxylic acids is 4. The Morgan fingerprint density at radius 3 is 1.46 bits per heavy atom. The highest BCUT2D eigenvalue weighted by atomic mass is 16.4. The molecule has 17 N–H and O–H groups in total. The van der Waals surface area contributed by atoms with E-state index in [0.717, 1.165) is 18.7 Å². The summed E-state index contributed by atoms with van der Waals surface area (Å²) in [5, 5.41) is 77.4. The number of aromatic nitrogens is 2. The number of nitrogens with one attached hydrogen (secondary N) is 9. The Hall–Kier alpha value is -7.80. The summed E-state index contributed by atoms with van der Waals surface area (Å²) in [6, 6.07) is -15.3. The molecule has 1 fully saturated rings. The Morgan fingerprint density at radius 1 is 0.575 bits per heavy atom. The number of aliphatic carboxylic acids is 4. The Kier molecular flexibility index (Phi) is 28.1. The van der Waals surface area contributed by atoms with E-state index >= 15 is 0 Å². The fourth-order valence-electron chi connectivity index (χ4n) is 8.24. The van der Waals surface area contributed by atoms with Gasteiger partial charge in [-0.3, -0.25) is 62.3 Å². The highest BCUT2D eigenvalue weighted by Gasteiger charge is 2.42. The third kappa shape index (κ3) is 23.3. The van der Waals surface area contributed by atoms with Gasteiger partial charge in [0.25, 0.3) is 0 Å². The fourth-order valence-corrected chi connectivity index (χ4v) is 8.24. The van der Waals surface area contributed by atoms with E-state index in [4.69, 9.17) is 10.8 Å². The molecule has 0 bridgehead atoms. The predicted octanol–water partition coefficient (Wildman–Crippen LogP) is -4.30. The molecule has 2 rings (SSSR count). The van der Waals surface area contributed by atoms with E-state index in [0.29, 0.717) is 5.69 Å². The first-order valence-corrected chi connectivity index (χ1v) is 26.0. The molecular formula is C49H78N12O19. The maximum absolute atomic E-state index is 14.4. The Bertz CT molecular complexity index is 2350. The van der Waals surface area contributed by atoms with Gasteiger partial charge < -0.3 is 88.8 Å². The number of carboxylic acid groups (broad SMARTS) is 4. The molecule has 0 unspecified atom stereocenters. The van der Waals surface area contributed by atoms with Gasteiger partial charge in [0.1, 0.15) is 54.4 Å². The summed E-state index contributed by atoms with van der Waals surface area (Å²) in [5.41, 5.74) is 6.16. The predicted molar refractivity (Wildman–Crippen MR) is 277 cm³/mol. The number of nitrogens with two attached hydrogens (primary N) is 1. The van der Waals surface area contributed by atoms with E-state index < -0.39 is 182 Å². The van der Waals surface area contributed by atoms with E-state index in [1.54, 1.807) is 27.7 Å². The van der Waals surface area contributed by atoms with Gasteiger partial charge in [-0.1, -0.05) is 27.7 Å². The van der Waals surface area contributed by atoms with Gasteiger partial charge in [0, 0.05) is 44.1 Å². The summed E-state index contributed by atoms with van der Waals surface area (Å²) in [4.78, 5) is 177. The van der Waals surface area contributed by atoms with Crippen LogP contribution in [0.1, 0.15) is 118 Å². The molecule has 31 nitrogen and oxygen atoms in total. The first-order valence-electron chi connectivity index (χ1n) is 26.0. The number of carbonyl (C=O) groups is 13. The van der Waals surface area contributed by atoms with Crippen molar-refractivity contribution in [1.82, 2.24) is 57.4 Å². The van der Waals surface area contributed by atoms with Gasteiger partial charge in [0.05, 0.1) is 24.6 Å². The number of nitrogens with zero attached hydrogens (tertiary/aromatic N) is 2. The summed E-state index contributed by atoms with van der Waals surface area (Å²) in [5.74, 6) is -15.0. The van der Waals surface area contributed by atoms with Crippen LogP contribution in [0.3, 0.4) is 0 Å². The molecule has 1 saturated heterocycles. The van der Waals surface area contributed by atoms with Crippen LogP contribution in [-0.2, 0) is 68.7 Å². The molecule has 31 heteroatoms. The minimum atomic E-state index is -1.81. The zero-order valence-corrected chi connectivity index (χ0v) is 45.7. The maximum atomic E-state index is 14.4. The Labute approximate surface area is 460 Å². The van der Waals surface area contributed by atoms with Crippen LogP contribution in [0.15, 0.2) is 12.5 Å². The summed E-state index contributed by atoms with van der Waals surface area (Å²) < 4.78 is 0. The first-order chi connectivity index (χ1) is 37.3. The zero-order valence-electron chi connectivity index (χ0n) is 45.7. The molecule has 12 atom stereocenters. The molecule has 9 amide bonds. The second-order valence-corrected chi connectivity index (χ2v) is 20.5. The number of likely N-dealkylation sites (tertiary alicyclic amines) is 1. The lowest BCUT2D eigenvalue weighted by Crippen LogP contribution is -2.62. The van der Waals surface area contributed by atoms with Gasteiger partial charge in [0.15, 0.2) is 0 Å². The van der Waals surface area contributed by atoms with Gasteiger partial charge in [-0.2, -0.15) is 0 Å². The summed E-state index contributed by atoms with van der Waals surface area (Å²) in [6.45, 7) is 10.2. The molecule has 1 aromatic heterocycles. The van der Waals surface area contributed by atoms with E-state index in [-0.39, 0.29) is 56.9 Å². The van der Waals surface area contributed by atoms with E-state index in [1.165, 1.54) is 19.4 Å². The van der Waals surface area contributed by atoms with Crippen LogP contribution < -0.4 is 48.3 Å². The lowest BCUT2D eigenvalue weighted by Gasteiger charge is -2.31. The number of aliphatic hydroxyl groups excluding tert-OH is 2. The van der Waals surface area contributed by atoms with Crippen LogP contribution in [0.5, 0.6) is 0 Å². The number of hydrogen-bond donors (Lipinski definition) is 16. The molecule has 0 aromatic carbocycles. The number of imidazole rings is 1. The summed E-state index contributed by atoms with van der Waals surface area (Å²) >= 11 is 0. The lowest BCUT2D eigenvalue weighted by molar-refractivity contribution is -0.143. The third-order valence-corrected chi connectivity index (χ3v) is 12.5. The Balaban J connectivity index is 2.37. The molecule has 1 aromatic rings. The second kappa shape index (κ2) is 32.9. The summed E-state index contributed by atoms with van der Waals surface area (Å²) in [6.07, 6.45) is -3.81. The maximum Gasteiger partial charge on any atom is 0.325 e. The van der Waals surface area contributed by atoms with Crippen LogP contribution in [0.2, 0.25) is 0 Å². The van der Waals surface area contributed by atoms with Gasteiger partial charge in [0.2, 0.25) is 53.2 Å². The number of H-pyrrole nitrogens is 1. The van der Waals surface area contributed by atoms with Gasteiger partial charge in [-0.25, -0.2) is 4.98 Å². The zero-order chi connectivity index (χ0) is 60.7. The van der Waals surface area contributed by atoms with Crippen molar-refractivity contribution in [1.29, 1.82) is 0 Å². The van der Waals surface area contributed by atoms with Crippen molar-refractivity contribution in [3.8, 4) is 0 Å². The monoisotopic (exact) mass is 1140 g/mol. The molecule has 0 radical (unpaired) electrons. The first kappa shape index (κ1) is 68.3. The SMILES string of the molecule is CC(C)C[C@H](NC(=O)[C@H](CC(C)C)NC(=O)[C@@H](NC(=O)[C@@H]1CCCN1C(=O)[C@H](Cc1cnc[nH]1)NC(=O)[C@H](CCC(=O)O)NC(=O)[C@@H](N)CCC(=O)O)[C@@H](C)O)C(=O)N[C@H](C(=O)N[C@@H](CCC(=O)O)C(=O)N[C@@H](C)C(=O)O)[C@@H](C)O. The van der Waals surface area contributed by atoms with Crippen LogP contribution in [0, 0.1) is 11.8 Å². The number of rotatable bonds is 35. The smallest absolute Gasteiger partial charge is 0.325 e. The van der Waals surface area contributed by atoms with E-state index in [1.807, 2.05) is 0 Å². The normalized spacial score (nSPS) is 17.3. The molecule has 1 aliphatic rings. The third-order valence-electron chi connectivity index (χ3n) is 12.5. The average molecular weight is 1140 g/mol. The van der Waals surface area contributed by atoms with Crippen LogP contribution in [0.4, 0.5) is 0 Å². The standard InChI is InChI=1S/C49H78N12O19/c1-22(2)17-31(43(73)56-32(18-23(3)4)44(74)59-38(25(6)62)46(76)55-29(11-14-36(66)67)41(71)53-24(5)49(79)80)57-47(77)39(26(7)63)60-45(75)34-9-8-16-61(34)48(78)33(19-27-20-51-21-52-27)58-42(72)30(12-15-37(68)69)54-40(70)28(50)10-13-35(64)65/h20-26,28-34,38-39,62-63H,8-19,50H2,1-7H3,(H,51,52)(H,53,71)(H,54,70)(H,55,76)(H,56,73)(H,57,77)(H,58,72)(H,59,74)(H,60,75)(H,64,65)(H,66,67)(H,68,69)(H,79,80)/t24-,25+,26+,28-,29-,30-,31-,32-,33-,34-,38-,39-/m0/s1. The highest BCUT2D eigenvalue weighted by Crippen LogP contribution is 2.21. The van der Waals surface area contributed by atoms with Gasteiger partial charge in [-0.15, -0.1) is 0 Å². The molecule has 80 heavy (non-hydrogen) atoms. The molecule has 0 spiro atoms. The lowest BCUT2D eigenvalue weighted by atomic mass is 9.99. The highest BCUT2D eigenvalue weighted by molar-refractivity contribution is 5.99. The molecule has 0 aliphatic carbocycles. The number of carbonyl (C=O) groups excluding carboxylic acids is 9. The largest absolute Gasteiger partial charge is 0.481 e. The Morgan fingerprint density at radius 2 is 1.00 bits per heavy atom. The molecule has 1 aliphatic heterocycles. The van der Waals surface area contributed by atoms with Crippen molar-refractivity contribution in [2.45, 2.75) is 192 Å². The number of hydrogen-bond acceptors (Lipinski definition) is 17. The van der Waals surface area contributed by atoms with E-state index in [2.05, 4.69) is 52.5 Å². The number of aromatic amines is 1. The fraction of sp³-hybridized carbons (Fsp3) is 0.673. The minimum absolute atomic E-state index is 0.0317. The van der Waals surface area contributed by atoms with Crippen molar-refractivity contribution in [2.24, 2.45) is 17.6 Å². The topological polar surface area (TPSA) is 497 Å². The van der Waals surface area contributed by atoms with Crippen LogP contribution in [0.25, 0.3) is 0 Å². The van der Waals surface area contributed by atoms with Crippen molar-refractivity contribution >= 4 is 77.0 Å². The average Bonchev–Trinajstić information content (AvgIpc) is 4.08. The van der Waals surface area contributed by atoms with Gasteiger partial charge in [-0.05, 0) is 77.6 Å². The van der Waals surface area contributed by atoms with Crippen molar-refractivity contribution in [3.05, 3.63) is 18.2 Å². The molecular weight excluding hydrogens is 1060 g/mol. The van der Waals surface area contributed by atoms with Gasteiger partial charge >= 0.3 is 23.9 Å². The van der Waals surface area contributed by atoms with Crippen molar-refractivity contribution in [2.75, 3.05) is 6.54 Å². The number of amides is 9. The van der Waals surface area contributed by atoms with Crippen molar-refractivity contribution in [3.63, 3.8) is 0 Å². The molecule has 448 valence electrons. The quantitative estimate of drug-likeness (QED) is 0.0306. The minimum Gasteiger partial charge on any atom is -0.481 e. The number of aliphatic hydroxyl groups is 2. The van der Waals surface area contributed by atoms with Crippen molar-refractivity contribution < 1.29 is 93.0 Å². The van der Waals surface area contributed by atoms with Crippen LogP contribution in [-0.4, -0.2) is 202 Å². The molecule has 2 heterocycles. The molecule has 0 saturated carbocycles. The second-order valence-electron chi connectivity index (χ2n) is 20.5.